The lowest BCUT2D eigenvalue weighted by Crippen LogP contribution is -2.38. The molecule has 0 aromatic heterocycles. The maximum absolute atomic E-state index is 2.45. The van der Waals surface area contributed by atoms with Gasteiger partial charge in [0.15, 0.2) is 0 Å². The Morgan fingerprint density at radius 2 is 2.00 bits per heavy atom. The summed E-state index contributed by atoms with van der Waals surface area (Å²) in [7, 11) is 2.23. The molecule has 0 saturated carbocycles. The smallest absolute Gasteiger partial charge is 0.000672 e. The van der Waals surface area contributed by atoms with Crippen LogP contribution in [0.1, 0.15) is 27.2 Å². The standard InChI is InChI=1S/C10H21N/c1-8(2)10-5-6-11(4)7-9(10)3/h8-10H,5-7H2,1-4H3/t9-,10?/m1/s1. The van der Waals surface area contributed by atoms with E-state index in [0.29, 0.717) is 0 Å². The fraction of sp³-hybridized carbons (Fsp3) is 1.00. The van der Waals surface area contributed by atoms with E-state index in [2.05, 4.69) is 32.7 Å². The molecular formula is C10H21N. The van der Waals surface area contributed by atoms with Gasteiger partial charge in [0.05, 0.1) is 0 Å². The molecule has 11 heavy (non-hydrogen) atoms. The second-order valence-corrected chi connectivity index (χ2v) is 4.44. The summed E-state index contributed by atoms with van der Waals surface area (Å²) in [4.78, 5) is 2.45. The third kappa shape index (κ3) is 2.19. The van der Waals surface area contributed by atoms with Crippen molar-refractivity contribution in [1.82, 2.24) is 4.90 Å². The van der Waals surface area contributed by atoms with E-state index in [4.69, 9.17) is 0 Å². The summed E-state index contributed by atoms with van der Waals surface area (Å²) in [5.74, 6) is 2.73. The highest BCUT2D eigenvalue weighted by Gasteiger charge is 2.25. The van der Waals surface area contributed by atoms with E-state index in [9.17, 15) is 0 Å². The minimum Gasteiger partial charge on any atom is -0.306 e. The minimum absolute atomic E-state index is 0.874. The van der Waals surface area contributed by atoms with Gasteiger partial charge in [-0.05, 0) is 37.8 Å². The number of hydrogen-bond acceptors (Lipinski definition) is 1. The molecule has 66 valence electrons. The predicted octanol–water partition coefficient (Wildman–Crippen LogP) is 2.23. The summed E-state index contributed by atoms with van der Waals surface area (Å²) in [6.45, 7) is 9.69. The highest BCUT2D eigenvalue weighted by Crippen LogP contribution is 2.28. The summed E-state index contributed by atoms with van der Waals surface area (Å²) < 4.78 is 0. The van der Waals surface area contributed by atoms with Crippen LogP contribution >= 0.6 is 0 Å². The van der Waals surface area contributed by atoms with Gasteiger partial charge in [0.25, 0.3) is 0 Å². The zero-order valence-electron chi connectivity index (χ0n) is 8.30. The highest BCUT2D eigenvalue weighted by molar-refractivity contribution is 4.77. The molecule has 0 bridgehead atoms. The van der Waals surface area contributed by atoms with E-state index < -0.39 is 0 Å². The molecule has 0 aliphatic carbocycles. The Labute approximate surface area is 70.8 Å². The van der Waals surface area contributed by atoms with Crippen LogP contribution in [0.5, 0.6) is 0 Å². The summed E-state index contributed by atoms with van der Waals surface area (Å²) >= 11 is 0. The monoisotopic (exact) mass is 155 g/mol. The van der Waals surface area contributed by atoms with Crippen molar-refractivity contribution in [2.24, 2.45) is 17.8 Å². The lowest BCUT2D eigenvalue weighted by Gasteiger charge is -2.37. The van der Waals surface area contributed by atoms with Crippen LogP contribution < -0.4 is 0 Å². The molecule has 0 amide bonds. The van der Waals surface area contributed by atoms with E-state index >= 15 is 0 Å². The van der Waals surface area contributed by atoms with Gasteiger partial charge in [-0.25, -0.2) is 0 Å². The van der Waals surface area contributed by atoms with Gasteiger partial charge in [-0.15, -0.1) is 0 Å². The highest BCUT2D eigenvalue weighted by atomic mass is 15.1. The van der Waals surface area contributed by atoms with Crippen LogP contribution in [0.3, 0.4) is 0 Å². The zero-order chi connectivity index (χ0) is 8.43. The maximum atomic E-state index is 2.45. The van der Waals surface area contributed by atoms with Gasteiger partial charge in [-0.3, -0.25) is 0 Å². The molecule has 0 spiro atoms. The molecule has 1 aliphatic heterocycles. The molecular weight excluding hydrogens is 134 g/mol. The van der Waals surface area contributed by atoms with Crippen molar-refractivity contribution in [3.63, 3.8) is 0 Å². The Hall–Kier alpha value is -0.0400. The van der Waals surface area contributed by atoms with Gasteiger partial charge in [0, 0.05) is 6.54 Å². The van der Waals surface area contributed by atoms with E-state index in [1.807, 2.05) is 0 Å². The van der Waals surface area contributed by atoms with Crippen molar-refractivity contribution in [3.05, 3.63) is 0 Å². The fourth-order valence-electron chi connectivity index (χ4n) is 2.36. The molecule has 1 heteroatoms. The van der Waals surface area contributed by atoms with Crippen molar-refractivity contribution in [2.45, 2.75) is 27.2 Å². The van der Waals surface area contributed by atoms with Crippen LogP contribution in [0.25, 0.3) is 0 Å². The molecule has 1 fully saturated rings. The van der Waals surface area contributed by atoms with Gasteiger partial charge in [0.1, 0.15) is 0 Å². The van der Waals surface area contributed by atoms with Crippen LogP contribution in [0.4, 0.5) is 0 Å². The lowest BCUT2D eigenvalue weighted by atomic mass is 9.79. The van der Waals surface area contributed by atoms with Gasteiger partial charge in [-0.1, -0.05) is 20.8 Å². The second-order valence-electron chi connectivity index (χ2n) is 4.44. The molecule has 1 rings (SSSR count). The Kier molecular flexibility index (Phi) is 2.94. The van der Waals surface area contributed by atoms with E-state index in [1.54, 1.807) is 0 Å². The minimum atomic E-state index is 0.874. The predicted molar refractivity (Wildman–Crippen MR) is 49.6 cm³/mol. The average molecular weight is 155 g/mol. The van der Waals surface area contributed by atoms with E-state index in [0.717, 1.165) is 17.8 Å². The molecule has 1 heterocycles. The molecule has 0 aromatic rings. The Balaban J connectivity index is 2.44. The largest absolute Gasteiger partial charge is 0.306 e. The van der Waals surface area contributed by atoms with Crippen molar-refractivity contribution in [2.75, 3.05) is 20.1 Å². The van der Waals surface area contributed by atoms with Crippen molar-refractivity contribution in [3.8, 4) is 0 Å². The van der Waals surface area contributed by atoms with Crippen LogP contribution in [0.15, 0.2) is 0 Å². The first-order chi connectivity index (χ1) is 5.11. The number of rotatable bonds is 1. The number of nitrogens with zero attached hydrogens (tertiary/aromatic N) is 1. The van der Waals surface area contributed by atoms with Crippen molar-refractivity contribution in [1.29, 1.82) is 0 Å². The second kappa shape index (κ2) is 3.57. The maximum Gasteiger partial charge on any atom is 0.000672 e. The van der Waals surface area contributed by atoms with E-state index in [1.165, 1.54) is 19.5 Å². The molecule has 1 saturated heterocycles. The first-order valence-electron chi connectivity index (χ1n) is 4.79. The Morgan fingerprint density at radius 1 is 1.36 bits per heavy atom. The van der Waals surface area contributed by atoms with Gasteiger partial charge >= 0.3 is 0 Å². The molecule has 2 atom stereocenters. The topological polar surface area (TPSA) is 3.24 Å². The number of likely N-dealkylation sites (tertiary alicyclic amines) is 1. The normalized spacial score (nSPS) is 34.6. The summed E-state index contributed by atoms with van der Waals surface area (Å²) in [6.07, 6.45) is 1.40. The first-order valence-corrected chi connectivity index (χ1v) is 4.79. The molecule has 1 nitrogen and oxygen atoms in total. The van der Waals surface area contributed by atoms with Gasteiger partial charge < -0.3 is 4.90 Å². The van der Waals surface area contributed by atoms with Crippen LogP contribution in [-0.4, -0.2) is 25.0 Å². The SMILES string of the molecule is CC(C)C1CCN(C)C[C@H]1C. The zero-order valence-corrected chi connectivity index (χ0v) is 8.30. The van der Waals surface area contributed by atoms with Gasteiger partial charge in [0.2, 0.25) is 0 Å². The van der Waals surface area contributed by atoms with Crippen LogP contribution in [0, 0.1) is 17.8 Å². The quantitative estimate of drug-likeness (QED) is 0.561. The van der Waals surface area contributed by atoms with Crippen molar-refractivity contribution >= 4 is 0 Å². The number of hydrogen-bond donors (Lipinski definition) is 0. The summed E-state index contributed by atoms with van der Waals surface area (Å²) in [5.41, 5.74) is 0. The summed E-state index contributed by atoms with van der Waals surface area (Å²) in [5, 5.41) is 0. The lowest BCUT2D eigenvalue weighted by molar-refractivity contribution is 0.122. The van der Waals surface area contributed by atoms with E-state index in [-0.39, 0.29) is 0 Å². The number of piperidine rings is 1. The molecule has 1 aliphatic rings. The Morgan fingerprint density at radius 3 is 2.45 bits per heavy atom. The molecule has 0 N–H and O–H groups in total. The molecule has 0 aromatic carbocycles. The fourth-order valence-corrected chi connectivity index (χ4v) is 2.36. The third-order valence-electron chi connectivity index (χ3n) is 3.03. The van der Waals surface area contributed by atoms with Gasteiger partial charge in [-0.2, -0.15) is 0 Å². The van der Waals surface area contributed by atoms with Crippen LogP contribution in [-0.2, 0) is 0 Å². The first kappa shape index (κ1) is 9.05. The average Bonchev–Trinajstić information content (AvgIpc) is 1.85. The molecule has 0 radical (unpaired) electrons. The molecule has 1 unspecified atom stereocenters. The van der Waals surface area contributed by atoms with Crippen molar-refractivity contribution < 1.29 is 0 Å². The van der Waals surface area contributed by atoms with Crippen LogP contribution in [0.2, 0.25) is 0 Å². The summed E-state index contributed by atoms with van der Waals surface area (Å²) in [6, 6.07) is 0. The Bertz CT molecular complexity index is 120. The third-order valence-corrected chi connectivity index (χ3v) is 3.03.